The number of benzene rings is 2. The Kier molecular flexibility index (Phi) is 6.84. The zero-order valence-corrected chi connectivity index (χ0v) is 15.7. The van der Waals surface area contributed by atoms with E-state index in [9.17, 15) is 4.79 Å². The Hall–Kier alpha value is -2.13. The quantitative estimate of drug-likeness (QED) is 0.632. The lowest BCUT2D eigenvalue weighted by atomic mass is 9.89. The third kappa shape index (κ3) is 4.95. The topological polar surface area (TPSA) is 29.5 Å². The molecular weight excluding hydrogens is 322 g/mol. The molecule has 3 nitrogen and oxygen atoms in total. The molecule has 1 aliphatic rings. The van der Waals surface area contributed by atoms with Crippen LogP contribution >= 0.6 is 0 Å². The summed E-state index contributed by atoms with van der Waals surface area (Å²) in [6.07, 6.45) is 4.75. The molecule has 0 N–H and O–H groups in total. The average molecular weight is 351 g/mol. The molecule has 0 saturated carbocycles. The third-order valence-electron chi connectivity index (χ3n) is 5.02. The first-order chi connectivity index (χ1) is 12.8. The molecule has 1 fully saturated rings. The molecule has 0 amide bonds. The fourth-order valence-corrected chi connectivity index (χ4v) is 3.56. The molecule has 26 heavy (non-hydrogen) atoms. The van der Waals surface area contributed by atoms with E-state index in [0.29, 0.717) is 6.61 Å². The van der Waals surface area contributed by atoms with E-state index < -0.39 is 0 Å². The van der Waals surface area contributed by atoms with Gasteiger partial charge < -0.3 is 9.64 Å². The first-order valence-corrected chi connectivity index (χ1v) is 9.82. The van der Waals surface area contributed by atoms with Crippen molar-refractivity contribution < 1.29 is 9.53 Å². The lowest BCUT2D eigenvalue weighted by Crippen LogP contribution is -2.35. The Labute approximate surface area is 157 Å². The van der Waals surface area contributed by atoms with Crippen molar-refractivity contribution in [2.75, 3.05) is 26.2 Å². The molecule has 138 valence electrons. The number of Topliss-reactive ketones (excluding diaryl/α,β-unsaturated/α-hetero) is 1. The first kappa shape index (κ1) is 18.7. The smallest absolute Gasteiger partial charge is 0.171 e. The van der Waals surface area contributed by atoms with Crippen molar-refractivity contribution >= 4 is 5.78 Å². The summed E-state index contributed by atoms with van der Waals surface area (Å²) in [6, 6.07) is 17.8. The van der Waals surface area contributed by atoms with Crippen LogP contribution in [0.1, 0.15) is 54.4 Å². The zero-order valence-electron chi connectivity index (χ0n) is 15.7. The molecule has 1 heterocycles. The van der Waals surface area contributed by atoms with Crippen LogP contribution in [0.5, 0.6) is 5.75 Å². The highest BCUT2D eigenvalue weighted by molar-refractivity contribution is 6.01. The summed E-state index contributed by atoms with van der Waals surface area (Å²) in [4.78, 5) is 15.7. The average Bonchev–Trinajstić information content (AvgIpc) is 2.72. The highest BCUT2D eigenvalue weighted by Gasteiger charge is 2.25. The van der Waals surface area contributed by atoms with Crippen LogP contribution in [0.3, 0.4) is 0 Å². The number of piperidine rings is 1. The van der Waals surface area contributed by atoms with Crippen molar-refractivity contribution in [2.24, 2.45) is 0 Å². The van der Waals surface area contributed by atoms with Crippen LogP contribution in [0.2, 0.25) is 0 Å². The Morgan fingerprint density at radius 3 is 2.35 bits per heavy atom. The van der Waals surface area contributed by atoms with Crippen molar-refractivity contribution in [1.82, 2.24) is 4.90 Å². The number of carbonyl (C=O) groups is 1. The molecule has 0 unspecified atom stereocenters. The van der Waals surface area contributed by atoms with Gasteiger partial charge >= 0.3 is 0 Å². The summed E-state index contributed by atoms with van der Waals surface area (Å²) in [5.74, 6) is 0.913. The van der Waals surface area contributed by atoms with E-state index in [1.165, 1.54) is 19.3 Å². The Morgan fingerprint density at radius 1 is 1.00 bits per heavy atom. The van der Waals surface area contributed by atoms with Gasteiger partial charge in [-0.1, -0.05) is 43.7 Å². The fraction of sp³-hybridized carbons (Fsp3) is 0.435. The van der Waals surface area contributed by atoms with Gasteiger partial charge in [0.1, 0.15) is 5.75 Å². The van der Waals surface area contributed by atoms with Gasteiger partial charge in [-0.3, -0.25) is 4.79 Å². The Balaban J connectivity index is 1.77. The number of rotatable bonds is 8. The van der Waals surface area contributed by atoms with Crippen molar-refractivity contribution in [2.45, 2.75) is 38.5 Å². The molecule has 1 atom stereocenters. The van der Waals surface area contributed by atoms with E-state index >= 15 is 0 Å². The van der Waals surface area contributed by atoms with Crippen molar-refractivity contribution in [1.29, 1.82) is 0 Å². The van der Waals surface area contributed by atoms with Gasteiger partial charge in [0.15, 0.2) is 5.78 Å². The summed E-state index contributed by atoms with van der Waals surface area (Å²) < 4.78 is 5.64. The summed E-state index contributed by atoms with van der Waals surface area (Å²) in [5, 5.41) is 0. The number of hydrogen-bond acceptors (Lipinski definition) is 3. The predicted molar refractivity (Wildman–Crippen MR) is 106 cm³/mol. The molecule has 2 aromatic rings. The summed E-state index contributed by atoms with van der Waals surface area (Å²) in [7, 11) is 0. The maximum Gasteiger partial charge on any atom is 0.171 e. The van der Waals surface area contributed by atoms with E-state index in [0.717, 1.165) is 42.9 Å². The Bertz CT molecular complexity index is 675. The van der Waals surface area contributed by atoms with E-state index in [2.05, 4.69) is 24.0 Å². The maximum atomic E-state index is 13.3. The molecule has 0 aromatic heterocycles. The lowest BCUT2D eigenvalue weighted by molar-refractivity contribution is 0.0925. The van der Waals surface area contributed by atoms with E-state index in [1.807, 2.05) is 42.5 Å². The maximum absolute atomic E-state index is 13.3. The van der Waals surface area contributed by atoms with Gasteiger partial charge in [-0.15, -0.1) is 0 Å². The molecule has 0 radical (unpaired) electrons. The SMILES string of the molecule is CCCOc1ccc(C(=O)[C@H](CN2CCCCC2)c2ccccc2)cc1. The predicted octanol–water partition coefficient (Wildman–Crippen LogP) is 4.93. The molecule has 0 bridgehead atoms. The number of nitrogens with zero attached hydrogens (tertiary/aromatic N) is 1. The van der Waals surface area contributed by atoms with Crippen LogP contribution in [-0.4, -0.2) is 36.9 Å². The minimum atomic E-state index is -0.114. The number of hydrogen-bond donors (Lipinski definition) is 0. The van der Waals surface area contributed by atoms with E-state index in [1.54, 1.807) is 0 Å². The van der Waals surface area contributed by atoms with Crippen molar-refractivity contribution in [3.8, 4) is 5.75 Å². The normalized spacial score (nSPS) is 16.2. The molecule has 2 aromatic carbocycles. The lowest BCUT2D eigenvalue weighted by Gasteiger charge is -2.30. The van der Waals surface area contributed by atoms with Crippen LogP contribution in [0.15, 0.2) is 54.6 Å². The Morgan fingerprint density at radius 2 is 1.69 bits per heavy atom. The molecule has 1 saturated heterocycles. The van der Waals surface area contributed by atoms with Gasteiger partial charge in [-0.2, -0.15) is 0 Å². The molecular formula is C23H29NO2. The van der Waals surface area contributed by atoms with Crippen molar-refractivity contribution in [3.63, 3.8) is 0 Å². The van der Waals surface area contributed by atoms with Gasteiger partial charge in [0.25, 0.3) is 0 Å². The summed E-state index contributed by atoms with van der Waals surface area (Å²) in [5.41, 5.74) is 1.87. The highest BCUT2D eigenvalue weighted by Crippen LogP contribution is 2.25. The standard InChI is InChI=1S/C23H29NO2/c1-2-17-26-21-13-11-20(12-14-21)23(25)22(19-9-5-3-6-10-19)18-24-15-7-4-8-16-24/h3,5-6,9-14,22H,2,4,7-8,15-18H2,1H3/t22-/m1/s1. The van der Waals surface area contributed by atoms with Crippen LogP contribution in [0.4, 0.5) is 0 Å². The van der Waals surface area contributed by atoms with Gasteiger partial charge in [-0.05, 0) is 62.2 Å². The molecule has 0 aliphatic carbocycles. The van der Waals surface area contributed by atoms with Crippen LogP contribution in [-0.2, 0) is 0 Å². The molecule has 3 rings (SSSR count). The second kappa shape index (κ2) is 9.54. The minimum Gasteiger partial charge on any atom is -0.494 e. The molecule has 1 aliphatic heterocycles. The number of ketones is 1. The van der Waals surface area contributed by atoms with Crippen LogP contribution in [0.25, 0.3) is 0 Å². The highest BCUT2D eigenvalue weighted by atomic mass is 16.5. The zero-order chi connectivity index (χ0) is 18.2. The largest absolute Gasteiger partial charge is 0.494 e. The van der Waals surface area contributed by atoms with E-state index in [4.69, 9.17) is 4.74 Å². The number of likely N-dealkylation sites (tertiary alicyclic amines) is 1. The van der Waals surface area contributed by atoms with Crippen LogP contribution < -0.4 is 4.74 Å². The minimum absolute atomic E-state index is 0.114. The number of carbonyl (C=O) groups excluding carboxylic acids is 1. The molecule has 3 heteroatoms. The van der Waals surface area contributed by atoms with Gasteiger partial charge in [0, 0.05) is 12.1 Å². The van der Waals surface area contributed by atoms with Gasteiger partial charge in [0.05, 0.1) is 12.5 Å². The second-order valence-corrected chi connectivity index (χ2v) is 7.06. The monoisotopic (exact) mass is 351 g/mol. The number of ether oxygens (including phenoxy) is 1. The second-order valence-electron chi connectivity index (χ2n) is 7.06. The van der Waals surface area contributed by atoms with E-state index in [-0.39, 0.29) is 11.7 Å². The van der Waals surface area contributed by atoms with Gasteiger partial charge in [0.2, 0.25) is 0 Å². The van der Waals surface area contributed by atoms with Crippen LogP contribution in [0, 0.1) is 0 Å². The molecule has 0 spiro atoms. The summed E-state index contributed by atoms with van der Waals surface area (Å²) in [6.45, 7) is 5.79. The van der Waals surface area contributed by atoms with Crippen molar-refractivity contribution in [3.05, 3.63) is 65.7 Å². The van der Waals surface area contributed by atoms with Gasteiger partial charge in [-0.25, -0.2) is 0 Å². The summed E-state index contributed by atoms with van der Waals surface area (Å²) >= 11 is 0. The first-order valence-electron chi connectivity index (χ1n) is 9.82. The fourth-order valence-electron chi connectivity index (χ4n) is 3.56. The third-order valence-corrected chi connectivity index (χ3v) is 5.02.